The Morgan fingerprint density at radius 2 is 1.83 bits per heavy atom. The molecule has 48 heavy (non-hydrogen) atoms. The zero-order valence-electron chi connectivity index (χ0n) is 28.5. The molecule has 2 aromatic carbocycles. The topological polar surface area (TPSA) is 91.3 Å². The van der Waals surface area contributed by atoms with Crippen LogP contribution in [0.1, 0.15) is 43.9 Å². The van der Waals surface area contributed by atoms with Gasteiger partial charge in [-0.2, -0.15) is 9.97 Å². The van der Waals surface area contributed by atoms with E-state index in [4.69, 9.17) is 31.0 Å². The number of hydrogen-bond acceptors (Lipinski definition) is 10. The van der Waals surface area contributed by atoms with Gasteiger partial charge in [-0.25, -0.2) is 8.42 Å². The number of hydrogen-bond donors (Lipinski definition) is 0. The van der Waals surface area contributed by atoms with Crippen LogP contribution in [0.4, 0.5) is 11.5 Å². The lowest BCUT2D eigenvalue weighted by atomic mass is 9.95. The normalized spacial score (nSPS) is 17.8. The van der Waals surface area contributed by atoms with Crippen molar-refractivity contribution in [2.75, 3.05) is 88.7 Å². The molecule has 0 aliphatic carbocycles. The molecule has 4 heterocycles. The highest BCUT2D eigenvalue weighted by Crippen LogP contribution is 2.40. The first-order valence-corrected chi connectivity index (χ1v) is 19.3. The Kier molecular flexibility index (Phi) is 11.1. The van der Waals surface area contributed by atoms with Gasteiger partial charge in [0.2, 0.25) is 0 Å². The summed E-state index contributed by atoms with van der Waals surface area (Å²) in [4.78, 5) is 18.9. The molecule has 0 atom stereocenters. The van der Waals surface area contributed by atoms with Gasteiger partial charge in [0.1, 0.15) is 12.4 Å². The Morgan fingerprint density at radius 3 is 2.58 bits per heavy atom. The molecule has 0 bridgehead atoms. The van der Waals surface area contributed by atoms with E-state index in [0.29, 0.717) is 38.9 Å². The maximum absolute atomic E-state index is 13.1. The lowest BCUT2D eigenvalue weighted by molar-refractivity contribution is 0.107. The van der Waals surface area contributed by atoms with Crippen LogP contribution in [-0.4, -0.2) is 113 Å². The molecule has 3 aliphatic rings. The summed E-state index contributed by atoms with van der Waals surface area (Å²) in [7, 11) is 0.165. The molecule has 0 N–H and O–H groups in total. The van der Waals surface area contributed by atoms with Crippen molar-refractivity contribution in [2.24, 2.45) is 0 Å². The van der Waals surface area contributed by atoms with Gasteiger partial charge in [-0.3, -0.25) is 9.80 Å². The number of fused-ring (bicyclic) bond motifs is 3. The number of methoxy groups -OCH3 is 1. The second kappa shape index (κ2) is 15.3. The molecule has 0 unspecified atom stereocenters. The smallest absolute Gasteiger partial charge is 0.318 e. The summed E-state index contributed by atoms with van der Waals surface area (Å²) in [6.07, 6.45) is 7.10. The fraction of sp³-hybridized carbons (Fsp3) is 0.556. The van der Waals surface area contributed by atoms with Crippen LogP contribution in [0.15, 0.2) is 47.9 Å². The van der Waals surface area contributed by atoms with Crippen LogP contribution in [0, 0.1) is 0 Å². The molecule has 2 saturated heterocycles. The van der Waals surface area contributed by atoms with Crippen molar-refractivity contribution < 1.29 is 17.9 Å². The molecule has 12 heteroatoms. The van der Waals surface area contributed by atoms with Crippen molar-refractivity contribution >= 4 is 43.7 Å². The summed E-state index contributed by atoms with van der Waals surface area (Å²) in [5.41, 5.74) is 3.09. The lowest BCUT2D eigenvalue weighted by Crippen LogP contribution is -2.43. The van der Waals surface area contributed by atoms with E-state index in [1.165, 1.54) is 18.2 Å². The summed E-state index contributed by atoms with van der Waals surface area (Å²) in [6, 6.07) is 12.6. The van der Waals surface area contributed by atoms with Crippen molar-refractivity contribution in [1.29, 1.82) is 0 Å². The first kappa shape index (κ1) is 34.9. The van der Waals surface area contributed by atoms with E-state index in [1.807, 2.05) is 24.1 Å². The lowest BCUT2D eigenvalue weighted by Gasteiger charge is -2.34. The third-order valence-corrected chi connectivity index (χ3v) is 11.9. The molecule has 260 valence electrons. The van der Waals surface area contributed by atoms with E-state index in [2.05, 4.69) is 45.9 Å². The SMILES string of the molecule is CCN(C/C=C/S(=O)(=O)CCN(C)c1nc(OCC23CCCN2CCC3)nc2c1CCN(c1cccc3cccc(Cl)c13)C2)CCOC. The van der Waals surface area contributed by atoms with Gasteiger partial charge in [-0.15, -0.1) is 0 Å². The largest absolute Gasteiger partial charge is 0.461 e. The zero-order valence-corrected chi connectivity index (χ0v) is 30.1. The highest BCUT2D eigenvalue weighted by molar-refractivity contribution is 7.94. The Bertz CT molecular complexity index is 1700. The number of benzene rings is 2. The monoisotopic (exact) mass is 696 g/mol. The zero-order chi connectivity index (χ0) is 33.7. The number of nitrogens with zero attached hydrogens (tertiary/aromatic N) is 6. The highest BCUT2D eigenvalue weighted by Gasteiger charge is 2.45. The maximum atomic E-state index is 13.1. The van der Waals surface area contributed by atoms with Crippen molar-refractivity contribution in [3.05, 3.63) is 64.2 Å². The van der Waals surface area contributed by atoms with Crippen LogP contribution in [-0.2, 0) is 27.5 Å². The summed E-state index contributed by atoms with van der Waals surface area (Å²) in [5, 5.41) is 4.21. The van der Waals surface area contributed by atoms with E-state index in [-0.39, 0.29) is 11.3 Å². The number of anilines is 2. The molecule has 6 rings (SSSR count). The van der Waals surface area contributed by atoms with Crippen molar-refractivity contribution in [1.82, 2.24) is 19.8 Å². The van der Waals surface area contributed by atoms with E-state index < -0.39 is 9.84 Å². The van der Waals surface area contributed by atoms with Crippen LogP contribution in [0.3, 0.4) is 0 Å². The number of ether oxygens (including phenoxy) is 2. The quantitative estimate of drug-likeness (QED) is 0.212. The minimum absolute atomic E-state index is 0.0160. The molecule has 0 amide bonds. The minimum atomic E-state index is -3.42. The highest BCUT2D eigenvalue weighted by atomic mass is 35.5. The fourth-order valence-electron chi connectivity index (χ4n) is 7.55. The third kappa shape index (κ3) is 7.75. The van der Waals surface area contributed by atoms with Crippen molar-refractivity contribution in [2.45, 2.75) is 51.1 Å². The number of sulfone groups is 1. The predicted molar refractivity (Wildman–Crippen MR) is 194 cm³/mol. The summed E-state index contributed by atoms with van der Waals surface area (Å²) in [6.45, 7) is 9.26. The molecular formula is C36H49ClN6O4S. The van der Waals surface area contributed by atoms with Crippen molar-refractivity contribution in [3.63, 3.8) is 0 Å². The molecular weight excluding hydrogens is 648 g/mol. The molecule has 2 fully saturated rings. The first-order chi connectivity index (χ1) is 23.2. The van der Waals surface area contributed by atoms with E-state index in [1.54, 1.807) is 13.2 Å². The average Bonchev–Trinajstić information content (AvgIpc) is 3.68. The van der Waals surface area contributed by atoms with Gasteiger partial charge < -0.3 is 19.3 Å². The Balaban J connectivity index is 1.23. The number of halogens is 1. The second-order valence-electron chi connectivity index (χ2n) is 13.3. The molecule has 3 aromatic rings. The summed E-state index contributed by atoms with van der Waals surface area (Å²) in [5.74, 6) is 0.728. The van der Waals surface area contributed by atoms with Gasteiger partial charge in [0.15, 0.2) is 9.84 Å². The Hall–Kier alpha value is -2.96. The molecule has 3 aliphatic heterocycles. The Morgan fingerprint density at radius 1 is 1.06 bits per heavy atom. The van der Waals surface area contributed by atoms with Gasteiger partial charge >= 0.3 is 6.01 Å². The van der Waals surface area contributed by atoms with Crippen LogP contribution in [0.2, 0.25) is 5.02 Å². The van der Waals surface area contributed by atoms with Crippen LogP contribution in [0.25, 0.3) is 10.8 Å². The Labute approximate surface area is 290 Å². The third-order valence-electron chi connectivity index (χ3n) is 10.3. The molecule has 1 aromatic heterocycles. The maximum Gasteiger partial charge on any atom is 0.318 e. The van der Waals surface area contributed by atoms with Gasteiger partial charge in [-0.1, -0.05) is 48.9 Å². The molecule has 0 spiro atoms. The number of aromatic nitrogens is 2. The van der Waals surface area contributed by atoms with Crippen molar-refractivity contribution in [3.8, 4) is 6.01 Å². The molecule has 0 radical (unpaired) electrons. The summed E-state index contributed by atoms with van der Waals surface area (Å²) < 4.78 is 37.8. The van der Waals surface area contributed by atoms with Gasteiger partial charge in [0.25, 0.3) is 0 Å². The van der Waals surface area contributed by atoms with Gasteiger partial charge in [0, 0.05) is 62.4 Å². The van der Waals surface area contributed by atoms with Gasteiger partial charge in [0.05, 0.1) is 35.2 Å². The van der Waals surface area contributed by atoms with Crippen LogP contribution in [0.5, 0.6) is 6.01 Å². The van der Waals surface area contributed by atoms with E-state index >= 15 is 0 Å². The summed E-state index contributed by atoms with van der Waals surface area (Å²) >= 11 is 6.72. The fourth-order valence-corrected chi connectivity index (χ4v) is 8.87. The average molecular weight is 697 g/mol. The van der Waals surface area contributed by atoms with E-state index in [0.717, 1.165) is 90.5 Å². The van der Waals surface area contributed by atoms with Gasteiger partial charge in [-0.05, 0) is 69.3 Å². The standard InChI is InChI=1S/C36H49ClN6O4S/c1-4-41(21-23-46-3)17-9-24-48(44,45)25-22-40(2)34-29-14-20-42(32-13-6-11-28-10-5-12-30(37)33(28)32)26-31(29)38-35(39-34)47-27-36-15-7-18-43(36)19-8-16-36/h5-6,9-13,24H,4,7-8,14-23,25-27H2,1-3H3/b24-9+. The number of likely N-dealkylation sites (N-methyl/N-ethyl adjacent to an activating group) is 1. The van der Waals surface area contributed by atoms with Crippen LogP contribution < -0.4 is 14.5 Å². The van der Waals surface area contributed by atoms with Crippen LogP contribution >= 0.6 is 11.6 Å². The predicted octanol–water partition coefficient (Wildman–Crippen LogP) is 5.19. The molecule has 0 saturated carbocycles. The first-order valence-electron chi connectivity index (χ1n) is 17.2. The molecule has 10 nitrogen and oxygen atoms in total. The second-order valence-corrected chi connectivity index (χ2v) is 15.7. The number of rotatable bonds is 15. The minimum Gasteiger partial charge on any atom is -0.461 e. The van der Waals surface area contributed by atoms with E-state index in [9.17, 15) is 8.42 Å².